The third-order valence-electron chi connectivity index (χ3n) is 6.08. The van der Waals surface area contributed by atoms with E-state index in [0.29, 0.717) is 17.1 Å². The van der Waals surface area contributed by atoms with Crippen molar-refractivity contribution in [1.29, 1.82) is 5.26 Å². The third-order valence-corrected chi connectivity index (χ3v) is 7.29. The van der Waals surface area contributed by atoms with Crippen molar-refractivity contribution in [3.05, 3.63) is 45.8 Å². The molecule has 1 unspecified atom stereocenters. The van der Waals surface area contributed by atoms with Crippen molar-refractivity contribution in [1.82, 2.24) is 0 Å². The van der Waals surface area contributed by atoms with Gasteiger partial charge < -0.3 is 10.2 Å². The molecule has 30 heavy (non-hydrogen) atoms. The van der Waals surface area contributed by atoms with Crippen LogP contribution in [0, 0.1) is 17.2 Å². The quantitative estimate of drug-likeness (QED) is 0.726. The number of benzene rings is 1. The second-order valence-corrected chi connectivity index (χ2v) is 9.30. The highest BCUT2D eigenvalue weighted by Gasteiger charge is 2.36. The molecule has 1 aromatic heterocycles. The molecule has 5 nitrogen and oxygen atoms in total. The Balaban J connectivity index is 1.44. The van der Waals surface area contributed by atoms with Crippen molar-refractivity contribution in [3.8, 4) is 6.07 Å². The first kappa shape index (κ1) is 20.6. The lowest BCUT2D eigenvalue weighted by molar-refractivity contribution is -0.122. The number of rotatable bonds is 6. The summed E-state index contributed by atoms with van der Waals surface area (Å²) in [6, 6.07) is 10.4. The van der Waals surface area contributed by atoms with E-state index in [1.165, 1.54) is 21.8 Å². The molecule has 0 saturated carbocycles. The van der Waals surface area contributed by atoms with Crippen LogP contribution in [0.4, 0.5) is 10.7 Å². The van der Waals surface area contributed by atoms with Crippen LogP contribution < -0.4 is 10.2 Å². The summed E-state index contributed by atoms with van der Waals surface area (Å²) in [4.78, 5) is 28.4. The van der Waals surface area contributed by atoms with Gasteiger partial charge in [0.2, 0.25) is 11.8 Å². The van der Waals surface area contributed by atoms with E-state index in [9.17, 15) is 14.9 Å². The molecule has 0 bridgehead atoms. The van der Waals surface area contributed by atoms with Gasteiger partial charge >= 0.3 is 0 Å². The zero-order valence-corrected chi connectivity index (χ0v) is 18.2. The van der Waals surface area contributed by atoms with Crippen LogP contribution in [-0.2, 0) is 28.9 Å². The average molecular weight is 422 g/mol. The number of amides is 2. The topological polar surface area (TPSA) is 73.2 Å². The van der Waals surface area contributed by atoms with Gasteiger partial charge in [-0.05, 0) is 61.8 Å². The first-order valence-corrected chi connectivity index (χ1v) is 11.7. The fourth-order valence-electron chi connectivity index (χ4n) is 4.34. The molecule has 2 heterocycles. The van der Waals surface area contributed by atoms with E-state index in [-0.39, 0.29) is 18.2 Å². The highest BCUT2D eigenvalue weighted by atomic mass is 32.1. The summed E-state index contributed by atoms with van der Waals surface area (Å²) in [6.07, 6.45) is 7.68. The van der Waals surface area contributed by atoms with Crippen LogP contribution in [0.15, 0.2) is 24.3 Å². The van der Waals surface area contributed by atoms with Crippen LogP contribution in [0.25, 0.3) is 0 Å². The van der Waals surface area contributed by atoms with Crippen molar-refractivity contribution >= 4 is 33.8 Å². The van der Waals surface area contributed by atoms with Gasteiger partial charge in [-0.3, -0.25) is 9.59 Å². The van der Waals surface area contributed by atoms with E-state index in [4.69, 9.17) is 0 Å². The Kier molecular flexibility index (Phi) is 6.19. The SMILES string of the molecule is CCCCc1ccc(N2CC(C(=O)Nc3sc4c(c3C#N)CCCC4)CC2=O)cc1. The molecule has 1 aromatic carbocycles. The fourth-order valence-corrected chi connectivity index (χ4v) is 5.59. The summed E-state index contributed by atoms with van der Waals surface area (Å²) < 4.78 is 0. The van der Waals surface area contributed by atoms with Gasteiger partial charge in [-0.2, -0.15) is 5.26 Å². The Labute approximate surface area is 181 Å². The van der Waals surface area contributed by atoms with Crippen LogP contribution in [-0.4, -0.2) is 18.4 Å². The molecule has 1 N–H and O–H groups in total. The van der Waals surface area contributed by atoms with Crippen molar-refractivity contribution in [3.63, 3.8) is 0 Å². The summed E-state index contributed by atoms with van der Waals surface area (Å²) >= 11 is 1.53. The lowest BCUT2D eigenvalue weighted by Gasteiger charge is -2.17. The number of hydrogen-bond acceptors (Lipinski definition) is 4. The number of nitrogens with zero attached hydrogens (tertiary/aromatic N) is 2. The minimum atomic E-state index is -0.400. The molecule has 1 atom stereocenters. The molecule has 6 heteroatoms. The Morgan fingerprint density at radius 2 is 2.03 bits per heavy atom. The van der Waals surface area contributed by atoms with E-state index in [2.05, 4.69) is 30.4 Å². The number of unbranched alkanes of at least 4 members (excludes halogenated alkanes) is 1. The summed E-state index contributed by atoms with van der Waals surface area (Å²) in [6.45, 7) is 2.55. The van der Waals surface area contributed by atoms with Crippen LogP contribution in [0.2, 0.25) is 0 Å². The van der Waals surface area contributed by atoms with Gasteiger partial charge in [-0.25, -0.2) is 0 Å². The zero-order chi connectivity index (χ0) is 21.1. The van der Waals surface area contributed by atoms with Crippen LogP contribution >= 0.6 is 11.3 Å². The van der Waals surface area contributed by atoms with E-state index in [1.54, 1.807) is 4.90 Å². The van der Waals surface area contributed by atoms with Crippen LogP contribution in [0.3, 0.4) is 0 Å². The number of carbonyl (C=O) groups excluding carboxylic acids is 2. The molecule has 1 saturated heterocycles. The number of carbonyl (C=O) groups is 2. The number of nitrogens with one attached hydrogen (secondary N) is 1. The first-order valence-electron chi connectivity index (χ1n) is 10.9. The molecule has 1 aliphatic carbocycles. The van der Waals surface area contributed by atoms with Crippen LogP contribution in [0.5, 0.6) is 0 Å². The van der Waals surface area contributed by atoms with E-state index in [0.717, 1.165) is 56.2 Å². The molecule has 2 aliphatic rings. The molecule has 1 aliphatic heterocycles. The predicted octanol–water partition coefficient (Wildman–Crippen LogP) is 4.83. The minimum absolute atomic E-state index is 0.0255. The van der Waals surface area contributed by atoms with Gasteiger partial charge in [-0.15, -0.1) is 11.3 Å². The Morgan fingerprint density at radius 3 is 2.77 bits per heavy atom. The molecule has 2 amide bonds. The normalized spacial score (nSPS) is 18.2. The molecular formula is C24H27N3O2S. The van der Waals surface area contributed by atoms with E-state index >= 15 is 0 Å². The number of hydrogen-bond donors (Lipinski definition) is 1. The number of fused-ring (bicyclic) bond motifs is 1. The largest absolute Gasteiger partial charge is 0.316 e. The summed E-state index contributed by atoms with van der Waals surface area (Å²) in [5.41, 5.74) is 3.84. The minimum Gasteiger partial charge on any atom is -0.316 e. The molecule has 1 fully saturated rings. The maximum absolute atomic E-state index is 12.9. The number of thiophene rings is 1. The van der Waals surface area contributed by atoms with Gasteiger partial charge in [0.15, 0.2) is 0 Å². The van der Waals surface area contributed by atoms with Gasteiger partial charge in [0.1, 0.15) is 11.1 Å². The molecule has 2 aromatic rings. The Morgan fingerprint density at radius 1 is 1.27 bits per heavy atom. The van der Waals surface area contributed by atoms with Gasteiger partial charge in [0.25, 0.3) is 0 Å². The lowest BCUT2D eigenvalue weighted by Crippen LogP contribution is -2.28. The summed E-state index contributed by atoms with van der Waals surface area (Å²) in [5.74, 6) is -0.592. The summed E-state index contributed by atoms with van der Waals surface area (Å²) in [7, 11) is 0. The maximum Gasteiger partial charge on any atom is 0.230 e. The van der Waals surface area contributed by atoms with E-state index in [1.807, 2.05) is 12.1 Å². The summed E-state index contributed by atoms with van der Waals surface area (Å²) in [5, 5.41) is 13.2. The van der Waals surface area contributed by atoms with Crippen LogP contribution in [0.1, 0.15) is 60.6 Å². The maximum atomic E-state index is 12.9. The predicted molar refractivity (Wildman–Crippen MR) is 120 cm³/mol. The lowest BCUT2D eigenvalue weighted by atomic mass is 9.96. The smallest absolute Gasteiger partial charge is 0.230 e. The second kappa shape index (κ2) is 9.01. The third kappa shape index (κ3) is 4.13. The Bertz CT molecular complexity index is 987. The average Bonchev–Trinajstić information content (AvgIpc) is 3.32. The van der Waals surface area contributed by atoms with Crippen molar-refractivity contribution in [2.45, 2.75) is 58.3 Å². The second-order valence-electron chi connectivity index (χ2n) is 8.19. The standard InChI is InChI=1S/C24H27N3O2S/c1-2-3-6-16-9-11-18(12-10-16)27-15-17(13-22(27)28)23(29)26-24-20(14-25)19-7-4-5-8-21(19)30-24/h9-12,17H,2-8,13,15H2,1H3,(H,26,29). The van der Waals surface area contributed by atoms with Gasteiger partial charge in [0, 0.05) is 23.5 Å². The molecule has 4 rings (SSSR count). The zero-order valence-electron chi connectivity index (χ0n) is 17.4. The first-order chi connectivity index (χ1) is 14.6. The number of nitriles is 1. The fraction of sp³-hybridized carbons (Fsp3) is 0.458. The highest BCUT2D eigenvalue weighted by Crippen LogP contribution is 2.38. The monoisotopic (exact) mass is 421 g/mol. The van der Waals surface area contributed by atoms with E-state index < -0.39 is 5.92 Å². The van der Waals surface area contributed by atoms with Crippen molar-refractivity contribution in [2.24, 2.45) is 5.92 Å². The van der Waals surface area contributed by atoms with Crippen molar-refractivity contribution in [2.75, 3.05) is 16.8 Å². The molecular weight excluding hydrogens is 394 g/mol. The van der Waals surface area contributed by atoms with Crippen molar-refractivity contribution < 1.29 is 9.59 Å². The number of aryl methyl sites for hydroxylation is 2. The van der Waals surface area contributed by atoms with Gasteiger partial charge in [-0.1, -0.05) is 25.5 Å². The number of anilines is 2. The van der Waals surface area contributed by atoms with Gasteiger partial charge in [0.05, 0.1) is 11.5 Å². The Hall–Kier alpha value is -2.65. The highest BCUT2D eigenvalue weighted by molar-refractivity contribution is 7.16. The molecule has 0 radical (unpaired) electrons. The molecule has 0 spiro atoms. The molecule has 156 valence electrons.